The lowest BCUT2D eigenvalue weighted by molar-refractivity contribution is 0.0535. The predicted molar refractivity (Wildman–Crippen MR) is 141 cm³/mol. The highest BCUT2D eigenvalue weighted by Crippen LogP contribution is 2.37. The summed E-state index contributed by atoms with van der Waals surface area (Å²) in [6.45, 7) is 1.36. The Morgan fingerprint density at radius 1 is 1.08 bits per heavy atom. The molecule has 3 heterocycles. The van der Waals surface area contributed by atoms with E-state index in [9.17, 15) is 9.90 Å². The summed E-state index contributed by atoms with van der Waals surface area (Å²) in [4.78, 5) is 25.7. The maximum Gasteiger partial charge on any atom is 0.184 e. The fraction of sp³-hybridized carbons (Fsp3) is 0.269. The van der Waals surface area contributed by atoms with Crippen LogP contribution in [0.1, 0.15) is 23.7 Å². The molecule has 4 rings (SSSR count). The Balaban J connectivity index is 1.60. The summed E-state index contributed by atoms with van der Waals surface area (Å²) in [6.07, 6.45) is 3.96. The third-order valence-corrected chi connectivity index (χ3v) is 5.50. The molecule has 1 aromatic carbocycles. The molecule has 4 N–H and O–H groups in total. The summed E-state index contributed by atoms with van der Waals surface area (Å²) in [7, 11) is 3.35. The van der Waals surface area contributed by atoms with Crippen LogP contribution in [0.4, 0.5) is 23.0 Å². The quantitative estimate of drug-likeness (QED) is 0.204. The van der Waals surface area contributed by atoms with Crippen LogP contribution in [0.25, 0.3) is 11.4 Å². The van der Waals surface area contributed by atoms with Crippen LogP contribution in [0, 0.1) is 0 Å². The molecule has 0 aliphatic rings. The van der Waals surface area contributed by atoms with Crippen LogP contribution in [0.15, 0.2) is 55.1 Å². The second-order valence-electron chi connectivity index (χ2n) is 8.30. The molecule has 0 saturated heterocycles. The number of Topliss-reactive ketones (excluding diaryl/α,β-unsaturated/α-hetero) is 1. The molecule has 0 amide bonds. The highest BCUT2D eigenvalue weighted by molar-refractivity contribution is 6.02. The van der Waals surface area contributed by atoms with Gasteiger partial charge in [-0.15, -0.1) is 0 Å². The van der Waals surface area contributed by atoms with E-state index in [0.717, 1.165) is 0 Å². The van der Waals surface area contributed by atoms with Crippen molar-refractivity contribution in [2.24, 2.45) is 7.05 Å². The number of nitrogens with zero attached hydrogens (tertiary/aromatic N) is 5. The molecule has 0 aliphatic carbocycles. The van der Waals surface area contributed by atoms with Crippen molar-refractivity contribution in [3.05, 3.63) is 60.7 Å². The Kier molecular flexibility index (Phi) is 8.46. The lowest BCUT2D eigenvalue weighted by Gasteiger charge is -2.17. The first-order valence-electron chi connectivity index (χ1n) is 11.9. The summed E-state index contributed by atoms with van der Waals surface area (Å²) in [6, 6.07) is 10.6. The Bertz CT molecular complexity index is 1390. The molecule has 12 heteroatoms. The normalized spacial score (nSPS) is 11.6. The van der Waals surface area contributed by atoms with Crippen LogP contribution in [0.5, 0.6) is 11.5 Å². The molecule has 4 aromatic rings. The summed E-state index contributed by atoms with van der Waals surface area (Å²) in [5, 5.41) is 29.1. The van der Waals surface area contributed by atoms with E-state index in [1.807, 2.05) is 18.2 Å². The fourth-order valence-corrected chi connectivity index (χ4v) is 3.59. The number of ketones is 1. The second-order valence-corrected chi connectivity index (χ2v) is 8.30. The number of anilines is 4. The summed E-state index contributed by atoms with van der Waals surface area (Å²) < 4.78 is 12.7. The van der Waals surface area contributed by atoms with Crippen molar-refractivity contribution in [3.63, 3.8) is 0 Å². The first-order chi connectivity index (χ1) is 18.4. The monoisotopic (exact) mass is 519 g/mol. The van der Waals surface area contributed by atoms with Crippen molar-refractivity contribution in [1.82, 2.24) is 24.7 Å². The molecule has 38 heavy (non-hydrogen) atoms. The average molecular weight is 520 g/mol. The lowest BCUT2D eigenvalue weighted by atomic mass is 10.1. The van der Waals surface area contributed by atoms with Crippen molar-refractivity contribution in [3.8, 4) is 22.9 Å². The number of rotatable bonds is 12. The first kappa shape index (κ1) is 26.5. The number of aliphatic hydroxyl groups excluding tert-OH is 2. The molecule has 0 spiro atoms. The number of hydrogen-bond acceptors (Lipinski definition) is 11. The zero-order valence-corrected chi connectivity index (χ0v) is 21.3. The lowest BCUT2D eigenvalue weighted by Crippen LogP contribution is -2.21. The van der Waals surface area contributed by atoms with Gasteiger partial charge in [0.2, 0.25) is 0 Å². The zero-order chi connectivity index (χ0) is 27.1. The van der Waals surface area contributed by atoms with Gasteiger partial charge in [-0.2, -0.15) is 5.10 Å². The fourth-order valence-electron chi connectivity index (χ4n) is 3.59. The molecule has 198 valence electrons. The van der Waals surface area contributed by atoms with E-state index in [1.54, 1.807) is 50.3 Å². The average Bonchev–Trinajstić information content (AvgIpc) is 3.38. The highest BCUT2D eigenvalue weighted by atomic mass is 16.5. The SMILES string of the molecule is CCC(=O)c1cnc(Nc2ccc(OC[C@@H](O)CO)cn2)cc1Nc1cccc(-c2ncn(C)n2)c1OC. The maximum atomic E-state index is 12.7. The van der Waals surface area contributed by atoms with Gasteiger partial charge in [-0.05, 0) is 24.3 Å². The van der Waals surface area contributed by atoms with Gasteiger partial charge >= 0.3 is 0 Å². The largest absolute Gasteiger partial charge is 0.494 e. The maximum absolute atomic E-state index is 12.7. The minimum Gasteiger partial charge on any atom is -0.494 e. The Morgan fingerprint density at radius 2 is 1.89 bits per heavy atom. The molecular weight excluding hydrogens is 490 g/mol. The van der Waals surface area contributed by atoms with Gasteiger partial charge in [-0.3, -0.25) is 9.48 Å². The first-order valence-corrected chi connectivity index (χ1v) is 11.9. The van der Waals surface area contributed by atoms with E-state index in [4.69, 9.17) is 14.6 Å². The van der Waals surface area contributed by atoms with Crippen molar-refractivity contribution in [2.75, 3.05) is 31.0 Å². The van der Waals surface area contributed by atoms with Gasteiger partial charge in [0.1, 0.15) is 36.4 Å². The minimum absolute atomic E-state index is 0.0461. The number of carbonyl (C=O) groups is 1. The van der Waals surface area contributed by atoms with Crippen molar-refractivity contribution in [1.29, 1.82) is 0 Å². The molecule has 0 aliphatic heterocycles. The summed E-state index contributed by atoms with van der Waals surface area (Å²) in [5.74, 6) is 2.37. The number of carbonyl (C=O) groups excluding carboxylic acids is 1. The van der Waals surface area contributed by atoms with Gasteiger partial charge in [0.25, 0.3) is 0 Å². The van der Waals surface area contributed by atoms with Crippen molar-refractivity contribution < 1.29 is 24.5 Å². The van der Waals surface area contributed by atoms with E-state index in [0.29, 0.717) is 57.9 Å². The molecule has 0 unspecified atom stereocenters. The molecule has 3 aromatic heterocycles. The number of ether oxygens (including phenoxy) is 2. The van der Waals surface area contributed by atoms with Gasteiger partial charge in [-0.1, -0.05) is 13.0 Å². The van der Waals surface area contributed by atoms with Crippen LogP contribution in [-0.4, -0.2) is 67.2 Å². The van der Waals surface area contributed by atoms with E-state index in [2.05, 4.69) is 30.7 Å². The van der Waals surface area contributed by atoms with Crippen LogP contribution in [0.2, 0.25) is 0 Å². The third-order valence-electron chi connectivity index (χ3n) is 5.50. The van der Waals surface area contributed by atoms with Gasteiger partial charge in [-0.25, -0.2) is 15.0 Å². The standard InChI is InChI=1S/C26H29N7O5/c1-4-22(36)19-12-28-24(31-23-9-8-17(11-27-23)38-14-16(35)13-34)10-21(19)30-20-7-5-6-18(25(20)37-3)26-29-15-33(2)32-26/h5-12,15-16,34-35H,4,13-14H2,1-3H3,(H2,27,28,30,31)/t16-/m0/s1. The van der Waals surface area contributed by atoms with E-state index in [1.165, 1.54) is 12.4 Å². The van der Waals surface area contributed by atoms with Gasteiger partial charge in [0.05, 0.1) is 42.4 Å². The number of para-hydroxylation sites is 1. The van der Waals surface area contributed by atoms with Gasteiger partial charge < -0.3 is 30.3 Å². The molecule has 0 radical (unpaired) electrons. The second kappa shape index (κ2) is 12.1. The van der Waals surface area contributed by atoms with E-state index >= 15 is 0 Å². The molecule has 0 fully saturated rings. The van der Waals surface area contributed by atoms with E-state index < -0.39 is 6.10 Å². The number of nitrogens with one attached hydrogen (secondary N) is 2. The zero-order valence-electron chi connectivity index (χ0n) is 21.3. The minimum atomic E-state index is -0.966. The number of methoxy groups -OCH3 is 1. The van der Waals surface area contributed by atoms with Crippen molar-refractivity contribution in [2.45, 2.75) is 19.4 Å². The molecule has 12 nitrogen and oxygen atoms in total. The Labute approximate surface area is 219 Å². The number of aryl methyl sites for hydroxylation is 1. The molecule has 0 bridgehead atoms. The Morgan fingerprint density at radius 3 is 2.55 bits per heavy atom. The number of hydrogen-bond donors (Lipinski definition) is 4. The number of pyridine rings is 2. The van der Waals surface area contributed by atoms with Gasteiger partial charge in [0, 0.05) is 25.7 Å². The number of aromatic nitrogens is 5. The van der Waals surface area contributed by atoms with Crippen LogP contribution in [-0.2, 0) is 7.05 Å². The third kappa shape index (κ3) is 6.22. The van der Waals surface area contributed by atoms with Crippen LogP contribution in [0.3, 0.4) is 0 Å². The predicted octanol–water partition coefficient (Wildman–Crippen LogP) is 3.09. The van der Waals surface area contributed by atoms with E-state index in [-0.39, 0.29) is 19.0 Å². The molecule has 0 saturated carbocycles. The van der Waals surface area contributed by atoms with Crippen LogP contribution < -0.4 is 20.1 Å². The molecular formula is C26H29N7O5. The highest BCUT2D eigenvalue weighted by Gasteiger charge is 2.18. The van der Waals surface area contributed by atoms with Gasteiger partial charge in [0.15, 0.2) is 17.4 Å². The topological polar surface area (TPSA) is 157 Å². The van der Waals surface area contributed by atoms with Crippen molar-refractivity contribution >= 4 is 28.8 Å². The molecule has 1 atom stereocenters. The van der Waals surface area contributed by atoms with Crippen LogP contribution >= 0.6 is 0 Å². The number of aliphatic hydroxyl groups is 2. The number of benzene rings is 1. The summed E-state index contributed by atoms with van der Waals surface area (Å²) >= 11 is 0. The summed E-state index contributed by atoms with van der Waals surface area (Å²) in [5.41, 5.74) is 2.30. The smallest absolute Gasteiger partial charge is 0.184 e. The Hall–Kier alpha value is -4.55.